The van der Waals surface area contributed by atoms with Gasteiger partial charge in [-0.1, -0.05) is 12.1 Å². The lowest BCUT2D eigenvalue weighted by atomic mass is 10.3. The van der Waals surface area contributed by atoms with Gasteiger partial charge in [0.05, 0.1) is 29.5 Å². The van der Waals surface area contributed by atoms with Crippen LogP contribution in [0.15, 0.2) is 42.6 Å². The molecule has 3 aromatic rings. The molecule has 3 rings (SSSR count). The van der Waals surface area contributed by atoms with Gasteiger partial charge in [0.15, 0.2) is 0 Å². The van der Waals surface area contributed by atoms with Crippen molar-refractivity contribution in [3.63, 3.8) is 0 Å². The maximum absolute atomic E-state index is 9.14. The molecule has 0 radical (unpaired) electrons. The van der Waals surface area contributed by atoms with Crippen LogP contribution < -0.4 is 5.32 Å². The summed E-state index contributed by atoms with van der Waals surface area (Å²) in [6, 6.07) is 11.4. The van der Waals surface area contributed by atoms with Gasteiger partial charge >= 0.3 is 0 Å². The normalized spacial score (nSPS) is 10.9. The average molecular weight is 254 g/mol. The summed E-state index contributed by atoms with van der Waals surface area (Å²) < 4.78 is 0. The molecule has 0 fully saturated rings. The molecule has 0 aliphatic carbocycles. The molecule has 0 amide bonds. The van der Waals surface area contributed by atoms with Crippen molar-refractivity contribution < 1.29 is 5.11 Å². The van der Waals surface area contributed by atoms with E-state index in [4.69, 9.17) is 5.11 Å². The number of pyridine rings is 1. The van der Waals surface area contributed by atoms with Crippen LogP contribution in [0.2, 0.25) is 0 Å². The predicted molar refractivity (Wildman–Crippen MR) is 72.5 cm³/mol. The molecule has 5 heteroatoms. The number of fused-ring (bicyclic) bond motifs is 1. The molecule has 19 heavy (non-hydrogen) atoms. The monoisotopic (exact) mass is 254 g/mol. The van der Waals surface area contributed by atoms with E-state index >= 15 is 0 Å². The first kappa shape index (κ1) is 11.7. The molecular formula is C14H14N4O. The number of aromatic amines is 1. The zero-order valence-corrected chi connectivity index (χ0v) is 10.3. The number of rotatable bonds is 4. The average Bonchev–Trinajstić information content (AvgIpc) is 2.83. The highest BCUT2D eigenvalue weighted by atomic mass is 16.3. The highest BCUT2D eigenvalue weighted by molar-refractivity contribution is 5.74. The van der Waals surface area contributed by atoms with Crippen LogP contribution >= 0.6 is 0 Å². The van der Waals surface area contributed by atoms with Crippen molar-refractivity contribution in [1.82, 2.24) is 20.3 Å². The van der Waals surface area contributed by atoms with Crippen LogP contribution in [0.25, 0.3) is 11.0 Å². The number of benzene rings is 1. The third kappa shape index (κ3) is 2.71. The summed E-state index contributed by atoms with van der Waals surface area (Å²) in [7, 11) is 0. The molecule has 0 bridgehead atoms. The van der Waals surface area contributed by atoms with E-state index in [0.29, 0.717) is 13.1 Å². The molecule has 0 aliphatic rings. The number of nitrogens with one attached hydrogen (secondary N) is 2. The van der Waals surface area contributed by atoms with Gasteiger partial charge < -0.3 is 15.4 Å². The minimum absolute atomic E-state index is 0.182. The van der Waals surface area contributed by atoms with Crippen LogP contribution in [0.3, 0.4) is 0 Å². The maximum atomic E-state index is 9.14. The van der Waals surface area contributed by atoms with Gasteiger partial charge in [-0.05, 0) is 24.3 Å². The first-order valence-electron chi connectivity index (χ1n) is 6.09. The Morgan fingerprint density at radius 1 is 1.11 bits per heavy atom. The summed E-state index contributed by atoms with van der Waals surface area (Å²) in [6.07, 6.45) is 1.44. The minimum Gasteiger partial charge on any atom is -0.506 e. The number of imidazole rings is 1. The second-order valence-corrected chi connectivity index (χ2v) is 4.31. The zero-order valence-electron chi connectivity index (χ0n) is 10.3. The van der Waals surface area contributed by atoms with Crippen molar-refractivity contribution in [2.24, 2.45) is 0 Å². The number of hydrogen-bond donors (Lipinski definition) is 3. The quantitative estimate of drug-likeness (QED) is 0.665. The van der Waals surface area contributed by atoms with Gasteiger partial charge in [-0.3, -0.25) is 4.98 Å². The highest BCUT2D eigenvalue weighted by Crippen LogP contribution is 2.10. The molecule has 0 saturated heterocycles. The zero-order chi connectivity index (χ0) is 13.1. The van der Waals surface area contributed by atoms with Crippen LogP contribution in [0, 0.1) is 0 Å². The summed E-state index contributed by atoms with van der Waals surface area (Å²) in [5.74, 6) is 1.08. The van der Waals surface area contributed by atoms with Crippen molar-refractivity contribution in [1.29, 1.82) is 0 Å². The number of aromatic hydroxyl groups is 1. The second kappa shape index (κ2) is 5.07. The van der Waals surface area contributed by atoms with E-state index in [-0.39, 0.29) is 5.75 Å². The first-order valence-corrected chi connectivity index (χ1v) is 6.09. The highest BCUT2D eigenvalue weighted by Gasteiger charge is 2.01. The molecule has 2 aromatic heterocycles. The Balaban J connectivity index is 1.61. The summed E-state index contributed by atoms with van der Waals surface area (Å²) in [4.78, 5) is 11.8. The molecule has 1 aromatic carbocycles. The molecule has 0 saturated carbocycles. The van der Waals surface area contributed by atoms with E-state index in [2.05, 4.69) is 20.3 Å². The van der Waals surface area contributed by atoms with Crippen LogP contribution in [0.5, 0.6) is 5.75 Å². The van der Waals surface area contributed by atoms with Crippen LogP contribution in [-0.2, 0) is 13.1 Å². The Morgan fingerprint density at radius 3 is 2.79 bits per heavy atom. The Kier molecular flexibility index (Phi) is 3.12. The molecule has 0 spiro atoms. The van der Waals surface area contributed by atoms with E-state index < -0.39 is 0 Å². The second-order valence-electron chi connectivity index (χ2n) is 4.31. The van der Waals surface area contributed by atoms with Crippen molar-refractivity contribution in [2.45, 2.75) is 13.1 Å². The summed E-state index contributed by atoms with van der Waals surface area (Å²) in [5, 5.41) is 12.4. The van der Waals surface area contributed by atoms with Gasteiger partial charge in [-0.15, -0.1) is 0 Å². The Morgan fingerprint density at radius 2 is 2.00 bits per heavy atom. The number of H-pyrrole nitrogens is 1. The van der Waals surface area contributed by atoms with Gasteiger partial charge in [0.25, 0.3) is 0 Å². The van der Waals surface area contributed by atoms with Gasteiger partial charge in [-0.25, -0.2) is 4.98 Å². The Hall–Kier alpha value is -2.40. The topological polar surface area (TPSA) is 73.8 Å². The summed E-state index contributed by atoms with van der Waals surface area (Å²) >= 11 is 0. The predicted octanol–water partition coefficient (Wildman–Crippen LogP) is 1.95. The van der Waals surface area contributed by atoms with Crippen molar-refractivity contribution in [3.8, 4) is 5.75 Å². The largest absolute Gasteiger partial charge is 0.506 e. The SMILES string of the molecule is Oc1ccc(CNCc2nc3ccccc3[nH]2)nc1. The van der Waals surface area contributed by atoms with E-state index in [1.807, 2.05) is 24.3 Å². The van der Waals surface area contributed by atoms with Crippen molar-refractivity contribution in [2.75, 3.05) is 0 Å². The van der Waals surface area contributed by atoms with E-state index in [0.717, 1.165) is 22.6 Å². The summed E-state index contributed by atoms with van der Waals surface area (Å²) in [5.41, 5.74) is 2.90. The fourth-order valence-electron chi connectivity index (χ4n) is 1.92. The van der Waals surface area contributed by atoms with Gasteiger partial charge in [0.1, 0.15) is 11.6 Å². The van der Waals surface area contributed by atoms with E-state index in [1.165, 1.54) is 6.20 Å². The number of nitrogens with zero attached hydrogens (tertiary/aromatic N) is 2. The number of aromatic nitrogens is 3. The van der Waals surface area contributed by atoms with Crippen LogP contribution in [0.1, 0.15) is 11.5 Å². The van der Waals surface area contributed by atoms with Crippen molar-refractivity contribution in [3.05, 3.63) is 54.1 Å². The molecule has 0 unspecified atom stereocenters. The third-order valence-electron chi connectivity index (χ3n) is 2.85. The first-order chi connectivity index (χ1) is 9.31. The third-order valence-corrected chi connectivity index (χ3v) is 2.85. The number of para-hydroxylation sites is 2. The van der Waals surface area contributed by atoms with E-state index in [9.17, 15) is 0 Å². The standard InChI is InChI=1S/C14H14N4O/c19-11-6-5-10(16-8-11)7-15-9-14-17-12-3-1-2-4-13(12)18-14/h1-6,8,15,19H,7,9H2,(H,17,18). The number of hydrogen-bond acceptors (Lipinski definition) is 4. The molecule has 0 atom stereocenters. The lowest BCUT2D eigenvalue weighted by molar-refractivity contribution is 0.471. The van der Waals surface area contributed by atoms with Crippen LogP contribution in [-0.4, -0.2) is 20.1 Å². The molecule has 5 nitrogen and oxygen atoms in total. The maximum Gasteiger partial charge on any atom is 0.133 e. The Bertz CT molecular complexity index is 642. The van der Waals surface area contributed by atoms with E-state index in [1.54, 1.807) is 12.1 Å². The molecule has 3 N–H and O–H groups in total. The lowest BCUT2D eigenvalue weighted by Gasteiger charge is -2.02. The molecule has 96 valence electrons. The summed E-state index contributed by atoms with van der Waals surface area (Å²) in [6.45, 7) is 1.29. The van der Waals surface area contributed by atoms with Crippen molar-refractivity contribution >= 4 is 11.0 Å². The fraction of sp³-hybridized carbons (Fsp3) is 0.143. The smallest absolute Gasteiger partial charge is 0.133 e. The molecule has 0 aliphatic heterocycles. The Labute approximate surface area is 110 Å². The molecular weight excluding hydrogens is 240 g/mol. The molecule has 2 heterocycles. The van der Waals surface area contributed by atoms with Gasteiger partial charge in [0, 0.05) is 6.54 Å². The fourth-order valence-corrected chi connectivity index (χ4v) is 1.92. The van der Waals surface area contributed by atoms with Crippen LogP contribution in [0.4, 0.5) is 0 Å². The minimum atomic E-state index is 0.182. The van der Waals surface area contributed by atoms with Gasteiger partial charge in [0.2, 0.25) is 0 Å². The lowest BCUT2D eigenvalue weighted by Crippen LogP contribution is -2.14. The van der Waals surface area contributed by atoms with Gasteiger partial charge in [-0.2, -0.15) is 0 Å².